The zero-order chi connectivity index (χ0) is 23.0. The molecule has 0 atom stereocenters. The maximum Gasteiger partial charge on any atom is 0.343 e. The van der Waals surface area contributed by atoms with E-state index in [1.807, 2.05) is 58.3 Å². The minimum Gasteiger partial charge on any atom is -0.421 e. The lowest BCUT2D eigenvalue weighted by molar-refractivity contribution is 0.0617. The van der Waals surface area contributed by atoms with Crippen molar-refractivity contribution in [3.63, 3.8) is 0 Å². The van der Waals surface area contributed by atoms with E-state index in [1.54, 1.807) is 18.2 Å². The number of benzene rings is 1. The molecule has 4 heteroatoms. The largest absolute Gasteiger partial charge is 0.421 e. The fourth-order valence-electron chi connectivity index (χ4n) is 2.00. The lowest BCUT2D eigenvalue weighted by Gasteiger charge is -2.13. The molecule has 0 amide bonds. The number of hydroxylamine groups is 1. The molecular formula is C25H41NO3. The fourth-order valence-corrected chi connectivity index (χ4v) is 2.00. The molecule has 4 nitrogen and oxygen atoms in total. The predicted molar refractivity (Wildman–Crippen MR) is 124 cm³/mol. The highest BCUT2D eigenvalue weighted by Crippen LogP contribution is 2.19. The normalized spacial score (nSPS) is 11.2. The Kier molecular flexibility index (Phi) is 16.5. The van der Waals surface area contributed by atoms with E-state index in [0.29, 0.717) is 5.56 Å². The molecule has 0 aliphatic heterocycles. The Bertz CT molecular complexity index is 650. The van der Waals surface area contributed by atoms with Gasteiger partial charge in [0.25, 0.3) is 0 Å². The van der Waals surface area contributed by atoms with Crippen LogP contribution in [-0.4, -0.2) is 11.2 Å². The number of rotatable bonds is 7. The Morgan fingerprint density at radius 3 is 1.97 bits per heavy atom. The van der Waals surface area contributed by atoms with Crippen LogP contribution in [0.15, 0.2) is 60.0 Å². The van der Waals surface area contributed by atoms with E-state index in [1.165, 1.54) is 0 Å². The first-order chi connectivity index (χ1) is 13.7. The Balaban J connectivity index is 0. The second-order valence-corrected chi connectivity index (χ2v) is 7.21. The van der Waals surface area contributed by atoms with Crippen LogP contribution in [-0.2, 0) is 11.2 Å². The molecule has 164 valence electrons. The van der Waals surface area contributed by atoms with Gasteiger partial charge in [-0.3, -0.25) is 10.7 Å². The average Bonchev–Trinajstić information content (AvgIpc) is 2.71. The van der Waals surface area contributed by atoms with Gasteiger partial charge in [-0.2, -0.15) is 0 Å². The number of aryl methyl sites for hydroxylation is 1. The molecule has 0 bridgehead atoms. The second-order valence-electron chi connectivity index (χ2n) is 7.21. The van der Waals surface area contributed by atoms with Crippen molar-refractivity contribution in [2.75, 3.05) is 0 Å². The number of ether oxygens (including phenoxy) is 1. The van der Waals surface area contributed by atoms with Gasteiger partial charge in [0.2, 0.25) is 0 Å². The molecule has 1 rings (SSSR count). The molecule has 0 aliphatic carbocycles. The van der Waals surface area contributed by atoms with Crippen LogP contribution < -0.4 is 5.48 Å². The van der Waals surface area contributed by atoms with Crippen molar-refractivity contribution in [2.45, 2.75) is 68.7 Å². The van der Waals surface area contributed by atoms with E-state index in [9.17, 15) is 4.79 Å². The zero-order valence-corrected chi connectivity index (χ0v) is 19.8. The topological polar surface area (TPSA) is 58.6 Å². The van der Waals surface area contributed by atoms with E-state index in [2.05, 4.69) is 34.3 Å². The third kappa shape index (κ3) is 12.7. The van der Waals surface area contributed by atoms with Crippen molar-refractivity contribution in [3.8, 4) is 0 Å². The number of esters is 1. The van der Waals surface area contributed by atoms with E-state index in [-0.39, 0.29) is 17.4 Å². The van der Waals surface area contributed by atoms with Crippen LogP contribution in [0.2, 0.25) is 0 Å². The van der Waals surface area contributed by atoms with Crippen LogP contribution in [0.25, 0.3) is 0 Å². The molecule has 0 saturated heterocycles. The summed E-state index contributed by atoms with van der Waals surface area (Å²) in [5, 5.41) is 9.08. The van der Waals surface area contributed by atoms with Crippen LogP contribution in [0.3, 0.4) is 0 Å². The first kappa shape index (κ1) is 28.9. The van der Waals surface area contributed by atoms with Gasteiger partial charge in [0, 0.05) is 0 Å². The van der Waals surface area contributed by atoms with Crippen molar-refractivity contribution in [1.29, 1.82) is 0 Å². The molecule has 1 aromatic carbocycles. The van der Waals surface area contributed by atoms with Gasteiger partial charge in [0.1, 0.15) is 0 Å². The molecule has 0 unspecified atom stereocenters. The van der Waals surface area contributed by atoms with Gasteiger partial charge in [0.15, 0.2) is 5.76 Å². The first-order valence-electron chi connectivity index (χ1n) is 10.4. The van der Waals surface area contributed by atoms with Crippen molar-refractivity contribution < 1.29 is 14.7 Å². The minimum atomic E-state index is -0.491. The van der Waals surface area contributed by atoms with Crippen LogP contribution in [0, 0.1) is 11.8 Å². The predicted octanol–water partition coefficient (Wildman–Crippen LogP) is 7.07. The third-order valence-corrected chi connectivity index (χ3v) is 3.53. The number of hydrogen-bond donors (Lipinski definition) is 2. The molecule has 0 heterocycles. The molecule has 0 fully saturated rings. The Morgan fingerprint density at radius 2 is 1.62 bits per heavy atom. The van der Waals surface area contributed by atoms with Gasteiger partial charge in [-0.15, -0.1) is 0 Å². The average molecular weight is 404 g/mol. The summed E-state index contributed by atoms with van der Waals surface area (Å²) in [7, 11) is 0. The molecule has 0 radical (unpaired) electrons. The highest BCUT2D eigenvalue weighted by atomic mass is 16.5. The van der Waals surface area contributed by atoms with Gasteiger partial charge in [-0.25, -0.2) is 4.79 Å². The van der Waals surface area contributed by atoms with E-state index < -0.39 is 5.97 Å². The molecule has 2 N–H and O–H groups in total. The highest BCUT2D eigenvalue weighted by Gasteiger charge is 2.14. The highest BCUT2D eigenvalue weighted by molar-refractivity contribution is 5.90. The summed E-state index contributed by atoms with van der Waals surface area (Å²) in [5.74, 6) is 0.789. The Hall–Kier alpha value is -2.33. The number of allylic oxidation sites excluding steroid dienone is 3. The SMILES string of the molecule is C=C(NO)/C(=C\C(=C/C)C(C)C)OC(=O)c1ccc(CC)cc1.CC.CC(C)C. The maximum atomic E-state index is 12.3. The van der Waals surface area contributed by atoms with Crippen molar-refractivity contribution in [1.82, 2.24) is 5.48 Å². The van der Waals surface area contributed by atoms with Crippen LogP contribution in [0.4, 0.5) is 0 Å². The lowest BCUT2D eigenvalue weighted by Crippen LogP contribution is -2.14. The van der Waals surface area contributed by atoms with Gasteiger partial charge >= 0.3 is 5.97 Å². The van der Waals surface area contributed by atoms with Crippen molar-refractivity contribution in [3.05, 3.63) is 71.2 Å². The van der Waals surface area contributed by atoms with Gasteiger partial charge in [0.05, 0.1) is 11.3 Å². The number of nitrogens with one attached hydrogen (secondary N) is 1. The van der Waals surface area contributed by atoms with E-state index in [4.69, 9.17) is 9.94 Å². The molecule has 0 aliphatic rings. The zero-order valence-electron chi connectivity index (χ0n) is 19.8. The summed E-state index contributed by atoms with van der Waals surface area (Å²) in [6.45, 7) is 22.2. The fraction of sp³-hybridized carbons (Fsp3) is 0.480. The van der Waals surface area contributed by atoms with Crippen LogP contribution in [0.1, 0.15) is 78.2 Å². The molecule has 0 aromatic heterocycles. The van der Waals surface area contributed by atoms with Gasteiger partial charge < -0.3 is 4.74 Å². The summed E-state index contributed by atoms with van der Waals surface area (Å²) in [6.07, 6.45) is 4.54. The summed E-state index contributed by atoms with van der Waals surface area (Å²) >= 11 is 0. The summed E-state index contributed by atoms with van der Waals surface area (Å²) in [4.78, 5) is 12.3. The Labute approximate surface area is 178 Å². The van der Waals surface area contributed by atoms with Gasteiger partial charge in [-0.05, 0) is 54.5 Å². The number of carbonyl (C=O) groups is 1. The van der Waals surface area contributed by atoms with Crippen molar-refractivity contribution in [2.24, 2.45) is 11.8 Å². The summed E-state index contributed by atoms with van der Waals surface area (Å²) < 4.78 is 5.40. The summed E-state index contributed by atoms with van der Waals surface area (Å²) in [5.41, 5.74) is 4.64. The number of carbonyl (C=O) groups excluding carboxylic acids is 1. The standard InChI is InChI=1S/C19H25NO3.C4H10.C2H6/c1-6-15-8-10-17(11-9-15)19(21)23-18(14(5)20-22)12-16(7-2)13(3)4;1-4(2)3;1-2/h7-13,20,22H,5-6H2,1-4H3;4H,1-3H3;1-2H3/b16-7+,18-12+;;. The molecular weight excluding hydrogens is 362 g/mol. The lowest BCUT2D eigenvalue weighted by atomic mass is 10.0. The van der Waals surface area contributed by atoms with Crippen molar-refractivity contribution >= 4 is 5.97 Å². The van der Waals surface area contributed by atoms with Gasteiger partial charge in [-0.1, -0.05) is 80.2 Å². The smallest absolute Gasteiger partial charge is 0.343 e. The first-order valence-corrected chi connectivity index (χ1v) is 10.4. The minimum absolute atomic E-state index is 0.128. The van der Waals surface area contributed by atoms with Crippen LogP contribution >= 0.6 is 0 Å². The number of hydrogen-bond acceptors (Lipinski definition) is 4. The monoisotopic (exact) mass is 403 g/mol. The van der Waals surface area contributed by atoms with E-state index in [0.717, 1.165) is 23.5 Å². The Morgan fingerprint density at radius 1 is 1.14 bits per heavy atom. The third-order valence-electron chi connectivity index (χ3n) is 3.53. The second kappa shape index (κ2) is 16.6. The van der Waals surface area contributed by atoms with E-state index >= 15 is 0 Å². The molecule has 1 aromatic rings. The summed E-state index contributed by atoms with van der Waals surface area (Å²) in [6, 6.07) is 7.25. The molecule has 29 heavy (non-hydrogen) atoms. The molecule has 0 saturated carbocycles. The van der Waals surface area contributed by atoms with Crippen LogP contribution in [0.5, 0.6) is 0 Å². The quantitative estimate of drug-likeness (QED) is 0.221. The maximum absolute atomic E-state index is 12.3. The molecule has 0 spiro atoms.